The molecule has 0 spiro atoms. The van der Waals surface area contributed by atoms with Gasteiger partial charge in [0.1, 0.15) is 6.33 Å². The summed E-state index contributed by atoms with van der Waals surface area (Å²) in [6.45, 7) is 2.96. The van der Waals surface area contributed by atoms with Gasteiger partial charge in [0.25, 0.3) is 11.8 Å². The molecule has 31 heavy (non-hydrogen) atoms. The molecule has 2 aliphatic heterocycles. The summed E-state index contributed by atoms with van der Waals surface area (Å²) in [6, 6.07) is 7.12. The van der Waals surface area contributed by atoms with Crippen LogP contribution >= 0.6 is 0 Å². The molecule has 0 radical (unpaired) electrons. The average molecular weight is 424 g/mol. The Morgan fingerprint density at radius 2 is 1.94 bits per heavy atom. The van der Waals surface area contributed by atoms with Crippen molar-refractivity contribution in [3.8, 4) is 0 Å². The molecule has 162 valence electrons. The highest BCUT2D eigenvalue weighted by atomic mass is 16.3. The number of benzene rings is 1. The summed E-state index contributed by atoms with van der Waals surface area (Å²) >= 11 is 0. The lowest BCUT2D eigenvalue weighted by Crippen LogP contribution is -2.50. The first kappa shape index (κ1) is 20.9. The summed E-state index contributed by atoms with van der Waals surface area (Å²) < 4.78 is 0. The summed E-state index contributed by atoms with van der Waals surface area (Å²) in [6.07, 6.45) is 3.17. The van der Waals surface area contributed by atoms with Gasteiger partial charge in [0, 0.05) is 31.0 Å². The molecule has 2 aliphatic rings. The molecule has 10 heteroatoms. The Bertz CT molecular complexity index is 971. The quantitative estimate of drug-likeness (QED) is 0.500. The first-order chi connectivity index (χ1) is 14.9. The van der Waals surface area contributed by atoms with E-state index in [-0.39, 0.29) is 13.1 Å². The molecule has 1 aromatic carbocycles. The van der Waals surface area contributed by atoms with E-state index in [1.54, 1.807) is 13.1 Å². The van der Waals surface area contributed by atoms with Gasteiger partial charge in [-0.15, -0.1) is 0 Å². The number of nitrogens with one attached hydrogen (secondary N) is 2. The largest absolute Gasteiger partial charge is 0.380 e. The number of aromatic nitrogens is 2. The van der Waals surface area contributed by atoms with Crippen LogP contribution in [0.4, 0.5) is 5.69 Å². The van der Waals surface area contributed by atoms with E-state index in [1.165, 1.54) is 11.2 Å². The van der Waals surface area contributed by atoms with E-state index in [2.05, 4.69) is 20.7 Å². The second-order valence-electron chi connectivity index (χ2n) is 7.52. The van der Waals surface area contributed by atoms with E-state index >= 15 is 0 Å². The van der Waals surface area contributed by atoms with Gasteiger partial charge in [-0.3, -0.25) is 14.6 Å². The number of anilines is 1. The molecule has 3 heterocycles. The summed E-state index contributed by atoms with van der Waals surface area (Å²) in [7, 11) is 0. The minimum absolute atomic E-state index is 0.200. The van der Waals surface area contributed by atoms with Crippen molar-refractivity contribution in [1.82, 2.24) is 25.6 Å². The van der Waals surface area contributed by atoms with Crippen molar-refractivity contribution >= 4 is 17.5 Å². The molecule has 3 atom stereocenters. The number of hydrazine groups is 1. The summed E-state index contributed by atoms with van der Waals surface area (Å²) in [5, 5.41) is 25.1. The number of nitrogens with zero attached hydrogens (tertiary/aromatic N) is 4. The van der Waals surface area contributed by atoms with Gasteiger partial charge >= 0.3 is 0 Å². The fourth-order valence-electron chi connectivity index (χ4n) is 3.57. The third-order valence-electron chi connectivity index (χ3n) is 5.38. The predicted octanol–water partition coefficient (Wildman–Crippen LogP) is -0.244. The van der Waals surface area contributed by atoms with Crippen LogP contribution in [0.3, 0.4) is 0 Å². The zero-order chi connectivity index (χ0) is 22.0. The van der Waals surface area contributed by atoms with E-state index in [9.17, 15) is 19.8 Å². The van der Waals surface area contributed by atoms with Gasteiger partial charge in [-0.05, 0) is 24.6 Å². The molecule has 1 aromatic heterocycles. The first-order valence-electron chi connectivity index (χ1n) is 9.96. The summed E-state index contributed by atoms with van der Waals surface area (Å²) in [4.78, 5) is 34.3. The van der Waals surface area contributed by atoms with Crippen molar-refractivity contribution in [3.05, 3.63) is 65.9 Å². The second kappa shape index (κ2) is 8.80. The van der Waals surface area contributed by atoms with Crippen LogP contribution in [0.5, 0.6) is 0 Å². The van der Waals surface area contributed by atoms with Gasteiger partial charge in [-0.25, -0.2) is 15.4 Å². The zero-order valence-corrected chi connectivity index (χ0v) is 17.0. The van der Waals surface area contributed by atoms with Crippen molar-refractivity contribution in [2.75, 3.05) is 11.6 Å². The van der Waals surface area contributed by atoms with E-state index in [4.69, 9.17) is 0 Å². The van der Waals surface area contributed by atoms with Gasteiger partial charge in [-0.2, -0.15) is 0 Å². The SMILES string of the molecule is C[C@@H](NC(=O)[C@H](O)[C@@H](O)C(=O)N1Cc2cncnc2C1)c1ccc(N2C=CCN2)cc1. The van der Waals surface area contributed by atoms with E-state index < -0.39 is 30.1 Å². The molecule has 4 rings (SSSR count). The molecule has 0 unspecified atom stereocenters. The lowest BCUT2D eigenvalue weighted by molar-refractivity contribution is -0.153. The van der Waals surface area contributed by atoms with Crippen molar-refractivity contribution < 1.29 is 19.8 Å². The highest BCUT2D eigenvalue weighted by Gasteiger charge is 2.36. The van der Waals surface area contributed by atoms with E-state index in [0.29, 0.717) is 5.69 Å². The number of carbonyl (C=O) groups is 2. The van der Waals surface area contributed by atoms with Crippen LogP contribution in [0.25, 0.3) is 0 Å². The average Bonchev–Trinajstić information content (AvgIpc) is 3.47. The van der Waals surface area contributed by atoms with Crippen LogP contribution < -0.4 is 15.8 Å². The Labute approximate surface area is 179 Å². The number of fused-ring (bicyclic) bond motifs is 1. The van der Waals surface area contributed by atoms with Crippen LogP contribution in [0.15, 0.2) is 49.1 Å². The monoisotopic (exact) mass is 424 g/mol. The minimum atomic E-state index is -1.89. The molecular weight excluding hydrogens is 400 g/mol. The molecule has 0 saturated carbocycles. The molecule has 0 aliphatic carbocycles. The number of hydrogen-bond donors (Lipinski definition) is 4. The third kappa shape index (κ3) is 4.41. The fraction of sp³-hybridized carbons (Fsp3) is 0.333. The minimum Gasteiger partial charge on any atom is -0.380 e. The van der Waals surface area contributed by atoms with Crippen molar-refractivity contribution in [1.29, 1.82) is 0 Å². The van der Waals surface area contributed by atoms with Gasteiger partial charge < -0.3 is 20.4 Å². The number of carbonyl (C=O) groups excluding carboxylic acids is 2. The van der Waals surface area contributed by atoms with E-state index in [0.717, 1.165) is 23.4 Å². The Morgan fingerprint density at radius 3 is 2.61 bits per heavy atom. The van der Waals surface area contributed by atoms with Crippen molar-refractivity contribution in [2.24, 2.45) is 0 Å². The number of aliphatic hydroxyl groups is 2. The normalized spacial score (nSPS) is 17.9. The maximum atomic E-state index is 12.6. The van der Waals surface area contributed by atoms with Crippen LogP contribution in [0, 0.1) is 0 Å². The van der Waals surface area contributed by atoms with Crippen LogP contribution in [0.2, 0.25) is 0 Å². The molecule has 4 N–H and O–H groups in total. The molecule has 2 aromatic rings. The van der Waals surface area contributed by atoms with Gasteiger partial charge in [0.05, 0.1) is 24.0 Å². The zero-order valence-electron chi connectivity index (χ0n) is 17.0. The molecule has 0 bridgehead atoms. The molecule has 2 amide bonds. The molecule has 0 saturated heterocycles. The van der Waals surface area contributed by atoms with Crippen LogP contribution in [-0.4, -0.2) is 55.6 Å². The number of hydrogen-bond acceptors (Lipinski definition) is 8. The Hall–Kier alpha value is -3.34. The van der Waals surface area contributed by atoms with E-state index in [1.807, 2.05) is 41.6 Å². The topological polar surface area (TPSA) is 131 Å². The molecule has 0 fully saturated rings. The maximum Gasteiger partial charge on any atom is 0.255 e. The Morgan fingerprint density at radius 1 is 1.16 bits per heavy atom. The lowest BCUT2D eigenvalue weighted by Gasteiger charge is -2.24. The van der Waals surface area contributed by atoms with Gasteiger partial charge in [0.15, 0.2) is 12.2 Å². The summed E-state index contributed by atoms with van der Waals surface area (Å²) in [5.41, 5.74) is 6.41. The standard InChI is InChI=1S/C21H24N6O4/c1-13(14-3-5-16(6-4-14)27-8-2-7-24-27)25-20(30)18(28)19(29)21(31)26-10-15-9-22-12-23-17(15)11-26/h2-6,8-9,12-13,18-19,24,28-29H,7,10-11H2,1H3,(H,25,30)/t13-,18-,19-/m1/s1. The second-order valence-corrected chi connectivity index (χ2v) is 7.52. The Balaban J connectivity index is 1.33. The molecular formula is C21H24N6O4. The van der Waals surface area contributed by atoms with Gasteiger partial charge in [-0.1, -0.05) is 18.2 Å². The van der Waals surface area contributed by atoms with Crippen LogP contribution in [-0.2, 0) is 22.7 Å². The highest BCUT2D eigenvalue weighted by Crippen LogP contribution is 2.22. The highest BCUT2D eigenvalue weighted by molar-refractivity contribution is 5.91. The summed E-state index contributed by atoms with van der Waals surface area (Å²) in [5.74, 6) is -1.55. The Kier molecular flexibility index (Phi) is 5.94. The number of amides is 2. The number of rotatable bonds is 6. The first-order valence-corrected chi connectivity index (χ1v) is 9.96. The third-order valence-corrected chi connectivity index (χ3v) is 5.38. The van der Waals surface area contributed by atoms with Gasteiger partial charge in [0.2, 0.25) is 0 Å². The molecule has 10 nitrogen and oxygen atoms in total. The maximum absolute atomic E-state index is 12.6. The van der Waals surface area contributed by atoms with Crippen LogP contribution in [0.1, 0.15) is 29.8 Å². The lowest BCUT2D eigenvalue weighted by atomic mass is 10.1. The van der Waals surface area contributed by atoms with Crippen molar-refractivity contribution in [3.63, 3.8) is 0 Å². The fourth-order valence-corrected chi connectivity index (χ4v) is 3.57. The predicted molar refractivity (Wildman–Crippen MR) is 111 cm³/mol. The number of aliphatic hydroxyl groups excluding tert-OH is 2. The van der Waals surface area contributed by atoms with Crippen molar-refractivity contribution in [2.45, 2.75) is 38.3 Å². The smallest absolute Gasteiger partial charge is 0.255 e.